The fourth-order valence-electron chi connectivity index (χ4n) is 3.42. The van der Waals surface area contributed by atoms with Gasteiger partial charge in [-0.3, -0.25) is 0 Å². The molecule has 0 fully saturated rings. The molecule has 1 aromatic heterocycles. The van der Waals surface area contributed by atoms with Crippen LogP contribution in [0.4, 0.5) is 5.00 Å². The number of hydrogen-bond donors (Lipinski definition) is 2. The van der Waals surface area contributed by atoms with Crippen molar-refractivity contribution in [1.29, 1.82) is 0 Å². The maximum atomic E-state index is 12.6. The van der Waals surface area contributed by atoms with Crippen molar-refractivity contribution >= 4 is 39.6 Å². The van der Waals surface area contributed by atoms with Crippen molar-refractivity contribution in [2.45, 2.75) is 27.3 Å². The summed E-state index contributed by atoms with van der Waals surface area (Å²) in [4.78, 5) is 13.6. The Morgan fingerprint density at radius 3 is 2.39 bits per heavy atom. The lowest BCUT2D eigenvalue weighted by atomic mass is 10.0. The second kappa shape index (κ2) is 11.7. The molecule has 0 aliphatic heterocycles. The van der Waals surface area contributed by atoms with Gasteiger partial charge in [0.1, 0.15) is 10.6 Å². The zero-order chi connectivity index (χ0) is 23.8. The number of methoxy groups -OCH3 is 1. The number of aryl methyl sites for hydroxylation is 1. The SMILES string of the molecule is CCOc1ccc(CNC(=S)Nc2sc(C)c(-c3ccccc3)c2C(=O)OC)cc1OCC. The third-order valence-corrected chi connectivity index (χ3v) is 6.09. The molecular formula is C25H28N2O4S2. The number of carbonyl (C=O) groups excluding carboxylic acids is 1. The first-order valence-electron chi connectivity index (χ1n) is 10.7. The van der Waals surface area contributed by atoms with Crippen molar-refractivity contribution in [2.24, 2.45) is 0 Å². The molecule has 2 N–H and O–H groups in total. The predicted molar refractivity (Wildman–Crippen MR) is 138 cm³/mol. The number of thiocarbonyl (C=S) groups is 1. The van der Waals surface area contributed by atoms with Gasteiger partial charge in [0.05, 0.1) is 20.3 Å². The Morgan fingerprint density at radius 1 is 1.03 bits per heavy atom. The minimum atomic E-state index is -0.406. The topological polar surface area (TPSA) is 68.8 Å². The Balaban J connectivity index is 1.77. The van der Waals surface area contributed by atoms with Crippen molar-refractivity contribution in [2.75, 3.05) is 25.6 Å². The maximum absolute atomic E-state index is 12.6. The molecule has 0 saturated heterocycles. The number of esters is 1. The van der Waals surface area contributed by atoms with E-state index < -0.39 is 5.97 Å². The number of carbonyl (C=O) groups is 1. The van der Waals surface area contributed by atoms with Crippen LogP contribution in [-0.2, 0) is 11.3 Å². The van der Waals surface area contributed by atoms with Crippen LogP contribution in [-0.4, -0.2) is 31.4 Å². The van der Waals surface area contributed by atoms with Crippen molar-refractivity contribution in [1.82, 2.24) is 5.32 Å². The second-order valence-electron chi connectivity index (χ2n) is 7.05. The number of thiophene rings is 1. The molecule has 0 radical (unpaired) electrons. The molecule has 0 aliphatic carbocycles. The summed E-state index contributed by atoms with van der Waals surface area (Å²) < 4.78 is 16.4. The van der Waals surface area contributed by atoms with Gasteiger partial charge in [0.2, 0.25) is 0 Å². The third-order valence-electron chi connectivity index (χ3n) is 4.82. The Hall–Kier alpha value is -3.10. The molecule has 6 nitrogen and oxygen atoms in total. The summed E-state index contributed by atoms with van der Waals surface area (Å²) in [7, 11) is 1.38. The van der Waals surface area contributed by atoms with Crippen LogP contribution in [0, 0.1) is 6.92 Å². The minimum Gasteiger partial charge on any atom is -0.490 e. The molecule has 0 amide bonds. The molecule has 2 aromatic carbocycles. The van der Waals surface area contributed by atoms with E-state index in [9.17, 15) is 4.79 Å². The van der Waals surface area contributed by atoms with E-state index in [4.69, 9.17) is 26.4 Å². The van der Waals surface area contributed by atoms with Crippen LogP contribution in [0.15, 0.2) is 48.5 Å². The molecule has 0 unspecified atom stereocenters. The van der Waals surface area contributed by atoms with Crippen LogP contribution >= 0.6 is 23.6 Å². The van der Waals surface area contributed by atoms with Gasteiger partial charge in [-0.15, -0.1) is 11.3 Å². The van der Waals surface area contributed by atoms with Gasteiger partial charge in [-0.2, -0.15) is 0 Å². The molecule has 0 bridgehead atoms. The fourth-order valence-corrected chi connectivity index (χ4v) is 4.72. The van der Waals surface area contributed by atoms with E-state index in [0.717, 1.165) is 21.6 Å². The third kappa shape index (κ3) is 6.03. The lowest BCUT2D eigenvalue weighted by molar-refractivity contribution is 0.0603. The van der Waals surface area contributed by atoms with E-state index in [1.165, 1.54) is 18.4 Å². The molecule has 8 heteroatoms. The van der Waals surface area contributed by atoms with Gasteiger partial charge in [0.25, 0.3) is 0 Å². The van der Waals surface area contributed by atoms with Gasteiger partial charge in [0.15, 0.2) is 16.6 Å². The summed E-state index contributed by atoms with van der Waals surface area (Å²) in [5.41, 5.74) is 3.28. The zero-order valence-corrected chi connectivity index (χ0v) is 20.8. The fraction of sp³-hybridized carbons (Fsp3) is 0.280. The molecule has 3 aromatic rings. The normalized spacial score (nSPS) is 10.4. The average molecular weight is 485 g/mol. The quantitative estimate of drug-likeness (QED) is 0.294. The molecule has 33 heavy (non-hydrogen) atoms. The van der Waals surface area contributed by atoms with Crippen LogP contribution in [0.5, 0.6) is 11.5 Å². The summed E-state index contributed by atoms with van der Waals surface area (Å²) in [5.74, 6) is 1.01. The number of ether oxygens (including phenoxy) is 3. The first kappa shape index (κ1) is 24.5. The minimum absolute atomic E-state index is 0.406. The van der Waals surface area contributed by atoms with E-state index in [0.29, 0.717) is 46.9 Å². The summed E-state index contributed by atoms with van der Waals surface area (Å²) >= 11 is 6.98. The van der Waals surface area contributed by atoms with Gasteiger partial charge >= 0.3 is 5.97 Å². The Morgan fingerprint density at radius 2 is 1.73 bits per heavy atom. The summed E-state index contributed by atoms with van der Waals surface area (Å²) in [6, 6.07) is 15.6. The molecule has 0 aliphatic rings. The Bertz CT molecular complexity index is 1110. The second-order valence-corrected chi connectivity index (χ2v) is 8.68. The highest BCUT2D eigenvalue weighted by molar-refractivity contribution is 7.80. The largest absolute Gasteiger partial charge is 0.490 e. The van der Waals surface area contributed by atoms with Crippen LogP contribution < -0.4 is 20.1 Å². The summed E-state index contributed by atoms with van der Waals surface area (Å²) in [6.07, 6.45) is 0. The van der Waals surface area contributed by atoms with E-state index in [1.54, 1.807) is 0 Å². The van der Waals surface area contributed by atoms with Crippen molar-refractivity contribution in [3.05, 3.63) is 64.5 Å². The van der Waals surface area contributed by atoms with Crippen LogP contribution in [0.25, 0.3) is 11.1 Å². The van der Waals surface area contributed by atoms with Crippen molar-refractivity contribution < 1.29 is 19.0 Å². The van der Waals surface area contributed by atoms with E-state index in [1.807, 2.05) is 69.3 Å². The lowest BCUT2D eigenvalue weighted by Gasteiger charge is -2.14. The summed E-state index contributed by atoms with van der Waals surface area (Å²) in [6.45, 7) is 7.46. The summed E-state index contributed by atoms with van der Waals surface area (Å²) in [5, 5.41) is 7.44. The highest BCUT2D eigenvalue weighted by Crippen LogP contribution is 2.40. The molecule has 3 rings (SSSR count). The van der Waals surface area contributed by atoms with Crippen molar-refractivity contribution in [3.63, 3.8) is 0 Å². The Kier molecular flexibility index (Phi) is 8.68. The number of benzene rings is 2. The van der Waals surface area contributed by atoms with Gasteiger partial charge in [0, 0.05) is 17.0 Å². The maximum Gasteiger partial charge on any atom is 0.341 e. The molecule has 1 heterocycles. The van der Waals surface area contributed by atoms with Crippen LogP contribution in [0.3, 0.4) is 0 Å². The molecular weight excluding hydrogens is 456 g/mol. The standard InChI is InChI=1S/C25H28N2O4S2/c1-5-30-19-13-12-17(14-20(19)31-6-2)15-26-25(32)27-23-22(24(28)29-4)21(16(3)33-23)18-10-8-7-9-11-18/h7-14H,5-6,15H2,1-4H3,(H2,26,27,32). The number of nitrogens with one attached hydrogen (secondary N) is 2. The van der Waals surface area contributed by atoms with E-state index >= 15 is 0 Å². The zero-order valence-electron chi connectivity index (χ0n) is 19.2. The number of rotatable bonds is 9. The smallest absolute Gasteiger partial charge is 0.341 e. The molecule has 0 saturated carbocycles. The van der Waals surface area contributed by atoms with Gasteiger partial charge in [-0.1, -0.05) is 36.4 Å². The predicted octanol–water partition coefficient (Wildman–Crippen LogP) is 5.79. The van der Waals surface area contributed by atoms with Gasteiger partial charge in [-0.05, 0) is 56.2 Å². The first-order chi connectivity index (χ1) is 16.0. The van der Waals surface area contributed by atoms with Crippen LogP contribution in [0.1, 0.15) is 34.6 Å². The Labute approximate surface area is 203 Å². The lowest BCUT2D eigenvalue weighted by Crippen LogP contribution is -2.28. The number of hydrogen-bond acceptors (Lipinski definition) is 6. The number of anilines is 1. The van der Waals surface area contributed by atoms with E-state index in [-0.39, 0.29) is 0 Å². The molecule has 0 spiro atoms. The van der Waals surface area contributed by atoms with E-state index in [2.05, 4.69) is 10.6 Å². The molecule has 174 valence electrons. The average Bonchev–Trinajstić information content (AvgIpc) is 3.14. The molecule has 0 atom stereocenters. The van der Waals surface area contributed by atoms with Gasteiger partial charge < -0.3 is 24.8 Å². The monoisotopic (exact) mass is 484 g/mol. The highest BCUT2D eigenvalue weighted by Gasteiger charge is 2.24. The van der Waals surface area contributed by atoms with Crippen LogP contribution in [0.2, 0.25) is 0 Å². The highest BCUT2D eigenvalue weighted by atomic mass is 32.1. The van der Waals surface area contributed by atoms with Crippen molar-refractivity contribution in [3.8, 4) is 22.6 Å². The first-order valence-corrected chi connectivity index (χ1v) is 11.9. The van der Waals surface area contributed by atoms with Gasteiger partial charge in [-0.25, -0.2) is 4.79 Å².